The van der Waals surface area contributed by atoms with E-state index in [0.717, 1.165) is 0 Å². The van der Waals surface area contributed by atoms with Crippen LogP contribution in [0.4, 0.5) is 0 Å². The molecule has 0 radical (unpaired) electrons. The summed E-state index contributed by atoms with van der Waals surface area (Å²) in [5.74, 6) is -0.830. The van der Waals surface area contributed by atoms with Gasteiger partial charge in [-0.25, -0.2) is 4.79 Å². The van der Waals surface area contributed by atoms with Crippen LogP contribution >= 0.6 is 0 Å². The molecule has 0 aliphatic heterocycles. The van der Waals surface area contributed by atoms with Gasteiger partial charge in [0.25, 0.3) is 0 Å². The summed E-state index contributed by atoms with van der Waals surface area (Å²) in [5.41, 5.74) is -0.391. The number of benzene rings is 1. The summed E-state index contributed by atoms with van der Waals surface area (Å²) in [4.78, 5) is 10.9. The molecule has 0 aliphatic rings. The summed E-state index contributed by atoms with van der Waals surface area (Å²) in [7, 11) is 0.843. The smallest absolute Gasteiger partial charge is 0.489 e. The van der Waals surface area contributed by atoms with E-state index in [0.29, 0.717) is 0 Å². The van der Waals surface area contributed by atoms with Crippen LogP contribution < -0.4 is 14.9 Å². The topological polar surface area (TPSA) is 96.2 Å². The minimum absolute atomic E-state index is 0.148. The maximum Gasteiger partial charge on any atom is 0.489 e. The van der Waals surface area contributed by atoms with Crippen LogP contribution in [0.25, 0.3) is 0 Å². The van der Waals surface area contributed by atoms with Crippen molar-refractivity contribution in [2.24, 2.45) is 0 Å². The van der Waals surface area contributed by atoms with Gasteiger partial charge in [0, 0.05) is 5.46 Å². The van der Waals surface area contributed by atoms with Gasteiger partial charge in [-0.05, 0) is 12.1 Å². The van der Waals surface area contributed by atoms with Crippen LogP contribution in [0.5, 0.6) is 11.5 Å². The Morgan fingerprint density at radius 3 is 2.06 bits per heavy atom. The first-order valence-electron chi connectivity index (χ1n) is 4.36. The highest BCUT2D eigenvalue weighted by Crippen LogP contribution is 2.26. The standard InChI is InChI=1S/C9H11BO6/c1-15-7-3-5(9(11)12)6(10(13)14)4-8(7)16-2/h3-4,13-14H,1-2H3,(H,11,12). The Balaban J connectivity index is 3.41. The van der Waals surface area contributed by atoms with Gasteiger partial charge in [0.1, 0.15) is 0 Å². The largest absolute Gasteiger partial charge is 0.493 e. The summed E-state index contributed by atoms with van der Waals surface area (Å²) in [6, 6.07) is 2.39. The Morgan fingerprint density at radius 1 is 1.19 bits per heavy atom. The molecule has 6 nitrogen and oxygen atoms in total. The normalized spacial score (nSPS) is 9.75. The van der Waals surface area contributed by atoms with Crippen molar-refractivity contribution in [2.75, 3.05) is 14.2 Å². The molecule has 1 rings (SSSR count). The summed E-state index contributed by atoms with van der Waals surface area (Å²) in [6.07, 6.45) is 0. The maximum atomic E-state index is 10.9. The van der Waals surface area contributed by atoms with Crippen LogP contribution in [0.15, 0.2) is 12.1 Å². The van der Waals surface area contributed by atoms with Gasteiger partial charge in [0.05, 0.1) is 19.8 Å². The summed E-state index contributed by atoms with van der Waals surface area (Å²) in [6.45, 7) is 0. The van der Waals surface area contributed by atoms with E-state index in [2.05, 4.69) is 0 Å². The van der Waals surface area contributed by atoms with Gasteiger partial charge >= 0.3 is 13.1 Å². The van der Waals surface area contributed by atoms with Gasteiger partial charge in [-0.1, -0.05) is 0 Å². The lowest BCUT2D eigenvalue weighted by Gasteiger charge is -2.12. The molecule has 0 aromatic heterocycles. The molecule has 0 saturated carbocycles. The molecule has 0 fully saturated rings. The zero-order valence-corrected chi connectivity index (χ0v) is 8.80. The molecule has 0 unspecified atom stereocenters. The Hall–Kier alpha value is -1.73. The highest BCUT2D eigenvalue weighted by molar-refractivity contribution is 6.60. The fourth-order valence-electron chi connectivity index (χ4n) is 1.29. The number of carboxylic acid groups (broad SMARTS) is 1. The lowest BCUT2D eigenvalue weighted by Crippen LogP contribution is -2.34. The quantitative estimate of drug-likeness (QED) is 0.574. The predicted octanol–water partition coefficient (Wildman–Crippen LogP) is -0.918. The monoisotopic (exact) mass is 226 g/mol. The first kappa shape index (κ1) is 12.3. The molecule has 0 amide bonds. The van der Waals surface area contributed by atoms with Gasteiger partial charge in [0.2, 0.25) is 0 Å². The maximum absolute atomic E-state index is 10.9. The van der Waals surface area contributed by atoms with Crippen LogP contribution in [-0.4, -0.2) is 42.5 Å². The van der Waals surface area contributed by atoms with Crippen molar-refractivity contribution in [3.63, 3.8) is 0 Å². The van der Waals surface area contributed by atoms with E-state index >= 15 is 0 Å². The SMILES string of the molecule is COc1cc(B(O)O)c(C(=O)O)cc1OC. The first-order chi connectivity index (χ1) is 7.51. The highest BCUT2D eigenvalue weighted by Gasteiger charge is 2.23. The second-order valence-electron chi connectivity index (χ2n) is 2.97. The fourth-order valence-corrected chi connectivity index (χ4v) is 1.29. The van der Waals surface area contributed by atoms with Gasteiger partial charge < -0.3 is 24.6 Å². The molecule has 0 atom stereocenters. The minimum Gasteiger partial charge on any atom is -0.493 e. The molecule has 0 heterocycles. The molecular formula is C9H11BO6. The van der Waals surface area contributed by atoms with E-state index in [1.165, 1.54) is 26.4 Å². The lowest BCUT2D eigenvalue weighted by atomic mass is 9.76. The van der Waals surface area contributed by atoms with Crippen LogP contribution in [0.3, 0.4) is 0 Å². The van der Waals surface area contributed by atoms with Crippen molar-refractivity contribution < 1.29 is 29.4 Å². The molecular weight excluding hydrogens is 215 g/mol. The van der Waals surface area contributed by atoms with Crippen LogP contribution in [-0.2, 0) is 0 Å². The Kier molecular flexibility index (Phi) is 3.75. The molecule has 0 spiro atoms. The second kappa shape index (κ2) is 4.87. The third-order valence-electron chi connectivity index (χ3n) is 2.06. The first-order valence-corrected chi connectivity index (χ1v) is 4.36. The number of ether oxygens (including phenoxy) is 2. The average Bonchev–Trinajstić information content (AvgIpc) is 2.26. The molecule has 1 aromatic rings. The number of hydrogen-bond acceptors (Lipinski definition) is 5. The average molecular weight is 226 g/mol. The van der Waals surface area contributed by atoms with Gasteiger partial charge in [0.15, 0.2) is 11.5 Å². The Bertz CT molecular complexity index is 403. The third kappa shape index (κ3) is 2.26. The van der Waals surface area contributed by atoms with E-state index in [1.807, 2.05) is 0 Å². The van der Waals surface area contributed by atoms with Crippen LogP contribution in [0.2, 0.25) is 0 Å². The van der Waals surface area contributed by atoms with Crippen molar-refractivity contribution in [2.45, 2.75) is 0 Å². The zero-order valence-electron chi connectivity index (χ0n) is 8.80. The van der Waals surface area contributed by atoms with Crippen molar-refractivity contribution in [1.82, 2.24) is 0 Å². The summed E-state index contributed by atoms with van der Waals surface area (Å²) < 4.78 is 9.83. The van der Waals surface area contributed by atoms with Crippen LogP contribution in [0.1, 0.15) is 10.4 Å². The molecule has 7 heteroatoms. The lowest BCUT2D eigenvalue weighted by molar-refractivity contribution is 0.0697. The number of carbonyl (C=O) groups is 1. The third-order valence-corrected chi connectivity index (χ3v) is 2.06. The van der Waals surface area contributed by atoms with Crippen molar-refractivity contribution in [1.29, 1.82) is 0 Å². The minimum atomic E-state index is -1.88. The number of hydrogen-bond donors (Lipinski definition) is 3. The molecule has 86 valence electrons. The van der Waals surface area contributed by atoms with Gasteiger partial charge in [-0.2, -0.15) is 0 Å². The van der Waals surface area contributed by atoms with E-state index < -0.39 is 13.1 Å². The van der Waals surface area contributed by atoms with Crippen molar-refractivity contribution in [3.05, 3.63) is 17.7 Å². The van der Waals surface area contributed by atoms with Crippen LogP contribution in [0, 0.1) is 0 Å². The molecule has 16 heavy (non-hydrogen) atoms. The van der Waals surface area contributed by atoms with E-state index in [1.54, 1.807) is 0 Å². The molecule has 3 N–H and O–H groups in total. The number of aromatic carboxylic acids is 1. The number of carboxylic acids is 1. The van der Waals surface area contributed by atoms with Gasteiger partial charge in [-0.15, -0.1) is 0 Å². The zero-order chi connectivity index (χ0) is 12.3. The van der Waals surface area contributed by atoms with E-state index in [-0.39, 0.29) is 22.5 Å². The Labute approximate surface area is 92.2 Å². The number of methoxy groups -OCH3 is 2. The molecule has 0 aliphatic carbocycles. The number of rotatable bonds is 4. The van der Waals surface area contributed by atoms with E-state index in [9.17, 15) is 4.79 Å². The highest BCUT2D eigenvalue weighted by atomic mass is 16.5. The Morgan fingerprint density at radius 2 is 1.69 bits per heavy atom. The molecule has 0 bridgehead atoms. The summed E-state index contributed by atoms with van der Waals surface area (Å²) >= 11 is 0. The summed E-state index contributed by atoms with van der Waals surface area (Å²) in [5, 5.41) is 26.9. The fraction of sp³-hybridized carbons (Fsp3) is 0.222. The van der Waals surface area contributed by atoms with Gasteiger partial charge in [-0.3, -0.25) is 0 Å². The molecule has 1 aromatic carbocycles. The van der Waals surface area contributed by atoms with Crippen molar-refractivity contribution >= 4 is 18.6 Å². The van der Waals surface area contributed by atoms with Crippen molar-refractivity contribution in [3.8, 4) is 11.5 Å². The molecule has 0 saturated heterocycles. The van der Waals surface area contributed by atoms with E-state index in [4.69, 9.17) is 24.6 Å². The second-order valence-corrected chi connectivity index (χ2v) is 2.97. The predicted molar refractivity (Wildman–Crippen MR) is 56.3 cm³/mol.